The van der Waals surface area contributed by atoms with E-state index >= 15 is 0 Å². The molecule has 2 aliphatic heterocycles. The van der Waals surface area contributed by atoms with Crippen molar-refractivity contribution >= 4 is 33.7 Å². The number of hydrogen-bond donors (Lipinski definition) is 2. The summed E-state index contributed by atoms with van der Waals surface area (Å²) in [7, 11) is 1.22. The standard InChI is InChI=1S/C31H36BrNO10/c1-20-26(22-12-7-4-8-13-22)42-30(37)33(20)29(36)28(39-2)27-24(35)16-25(32)31(38,43-27)14-9-15-40-19-23(17-34)41-18-21-10-5-3-6-11-21/h3-8,10-13,16,20,23,26-28,34,38H,9,14-15,17-19H2,1-2H3/t20-,23-,26-,27-,28-,31+/m1/s1. The number of benzene rings is 2. The Morgan fingerprint density at radius 3 is 2.44 bits per heavy atom. The predicted molar refractivity (Wildman–Crippen MR) is 157 cm³/mol. The van der Waals surface area contributed by atoms with E-state index in [1.807, 2.05) is 36.4 Å². The lowest BCUT2D eigenvalue weighted by molar-refractivity contribution is -0.227. The molecular weight excluding hydrogens is 626 g/mol. The summed E-state index contributed by atoms with van der Waals surface area (Å²) in [5.41, 5.74) is 1.69. The Morgan fingerprint density at radius 1 is 1.12 bits per heavy atom. The Labute approximate surface area is 258 Å². The zero-order valence-corrected chi connectivity index (χ0v) is 25.6. The molecule has 1 saturated heterocycles. The second-order valence-corrected chi connectivity index (χ2v) is 11.2. The number of imide groups is 1. The first kappa shape index (κ1) is 32.9. The van der Waals surface area contributed by atoms with E-state index in [4.69, 9.17) is 23.7 Å². The number of amides is 2. The van der Waals surface area contributed by atoms with E-state index in [1.165, 1.54) is 7.11 Å². The fourth-order valence-corrected chi connectivity index (χ4v) is 5.46. The van der Waals surface area contributed by atoms with Crippen LogP contribution < -0.4 is 0 Å². The molecular formula is C31H36BrNO10. The molecule has 43 heavy (non-hydrogen) atoms. The summed E-state index contributed by atoms with van der Waals surface area (Å²) in [4.78, 5) is 40.2. The average Bonchev–Trinajstić information content (AvgIpc) is 3.31. The lowest BCUT2D eigenvalue weighted by atomic mass is 9.98. The van der Waals surface area contributed by atoms with E-state index < -0.39 is 54.0 Å². The normalized spacial score (nSPS) is 25.3. The number of carbonyl (C=O) groups is 3. The monoisotopic (exact) mass is 661 g/mol. The summed E-state index contributed by atoms with van der Waals surface area (Å²) >= 11 is 3.21. The van der Waals surface area contributed by atoms with E-state index in [2.05, 4.69) is 15.9 Å². The summed E-state index contributed by atoms with van der Waals surface area (Å²) in [5.74, 6) is -3.39. The summed E-state index contributed by atoms with van der Waals surface area (Å²) < 4.78 is 28.1. The Balaban J connectivity index is 1.33. The SMILES string of the molecule is CO[C@@H](C(=O)N1C(=O)O[C@@H](c2ccccc2)[C@H]1C)[C@@H]1O[C@@](O)(CCCOC[C@@H](CO)OCc2ccccc2)C(Br)=CC1=O. The molecule has 1 fully saturated rings. The molecule has 6 atom stereocenters. The van der Waals surface area contributed by atoms with Crippen LogP contribution in [0.4, 0.5) is 4.79 Å². The molecule has 0 bridgehead atoms. The molecule has 0 aromatic heterocycles. The van der Waals surface area contributed by atoms with Crippen LogP contribution in [0.5, 0.6) is 0 Å². The number of carbonyl (C=O) groups excluding carboxylic acids is 3. The Morgan fingerprint density at radius 2 is 1.79 bits per heavy atom. The first-order valence-electron chi connectivity index (χ1n) is 14.0. The summed E-state index contributed by atoms with van der Waals surface area (Å²) in [6, 6.07) is 17.9. The van der Waals surface area contributed by atoms with Gasteiger partial charge in [-0.05, 0) is 46.5 Å². The van der Waals surface area contributed by atoms with Gasteiger partial charge in [0.25, 0.3) is 5.91 Å². The highest BCUT2D eigenvalue weighted by Crippen LogP contribution is 2.37. The molecule has 11 nitrogen and oxygen atoms in total. The van der Waals surface area contributed by atoms with Crippen LogP contribution in [0.25, 0.3) is 0 Å². The van der Waals surface area contributed by atoms with Gasteiger partial charge in [0.1, 0.15) is 12.2 Å². The maximum atomic E-state index is 13.5. The summed E-state index contributed by atoms with van der Waals surface area (Å²) in [5, 5.41) is 20.9. The molecule has 0 radical (unpaired) electrons. The van der Waals surface area contributed by atoms with Gasteiger partial charge in [-0.15, -0.1) is 0 Å². The van der Waals surface area contributed by atoms with Crippen molar-refractivity contribution < 1.29 is 48.3 Å². The van der Waals surface area contributed by atoms with E-state index in [0.717, 1.165) is 16.5 Å². The molecule has 0 saturated carbocycles. The number of rotatable bonds is 14. The van der Waals surface area contributed by atoms with Crippen molar-refractivity contribution in [2.45, 2.75) is 62.6 Å². The number of hydrogen-bond acceptors (Lipinski definition) is 10. The molecule has 0 spiro atoms. The molecule has 2 heterocycles. The molecule has 12 heteroatoms. The molecule has 0 aliphatic carbocycles. The Hall–Kier alpha value is -2.97. The smallest absolute Gasteiger partial charge is 0.417 e. The van der Waals surface area contributed by atoms with Gasteiger partial charge in [0.05, 0.1) is 30.3 Å². The zero-order valence-electron chi connectivity index (χ0n) is 24.0. The van der Waals surface area contributed by atoms with Crippen LogP contribution in [0, 0.1) is 0 Å². The number of aliphatic hydroxyl groups is 2. The molecule has 2 amide bonds. The van der Waals surface area contributed by atoms with Gasteiger partial charge in [0, 0.05) is 20.1 Å². The quantitative estimate of drug-likeness (QED) is 0.289. The average molecular weight is 663 g/mol. The number of halogens is 1. The number of cyclic esters (lactones) is 1. The van der Waals surface area contributed by atoms with Gasteiger partial charge in [-0.1, -0.05) is 60.7 Å². The number of methoxy groups -OCH3 is 1. The first-order chi connectivity index (χ1) is 20.7. The lowest BCUT2D eigenvalue weighted by Gasteiger charge is -2.38. The van der Waals surface area contributed by atoms with Gasteiger partial charge in [0.2, 0.25) is 0 Å². The number of aliphatic hydroxyl groups excluding tert-OH is 1. The number of ketones is 1. The van der Waals surface area contributed by atoms with Crippen LogP contribution in [0.2, 0.25) is 0 Å². The maximum absolute atomic E-state index is 13.5. The van der Waals surface area contributed by atoms with Crippen LogP contribution >= 0.6 is 15.9 Å². The molecule has 2 aromatic rings. The van der Waals surface area contributed by atoms with Crippen molar-refractivity contribution in [1.82, 2.24) is 4.90 Å². The predicted octanol–water partition coefficient (Wildman–Crippen LogP) is 3.42. The molecule has 4 rings (SSSR count). The van der Waals surface area contributed by atoms with Crippen molar-refractivity contribution in [2.75, 3.05) is 26.9 Å². The van der Waals surface area contributed by atoms with Crippen LogP contribution in [-0.4, -0.2) is 90.0 Å². The second kappa shape index (κ2) is 15.2. The highest BCUT2D eigenvalue weighted by atomic mass is 79.9. The molecule has 232 valence electrons. The molecule has 2 aliphatic rings. The van der Waals surface area contributed by atoms with Gasteiger partial charge < -0.3 is 33.9 Å². The second-order valence-electron chi connectivity index (χ2n) is 10.3. The van der Waals surface area contributed by atoms with E-state index in [0.29, 0.717) is 18.6 Å². The minimum atomic E-state index is -1.96. The van der Waals surface area contributed by atoms with Crippen LogP contribution in [-0.2, 0) is 39.9 Å². The van der Waals surface area contributed by atoms with E-state index in [-0.39, 0.29) is 30.7 Å². The van der Waals surface area contributed by atoms with Crippen LogP contribution in [0.1, 0.15) is 37.0 Å². The zero-order chi connectivity index (χ0) is 31.0. The maximum Gasteiger partial charge on any atom is 0.417 e. The number of nitrogens with zero attached hydrogens (tertiary/aromatic N) is 1. The molecule has 0 unspecified atom stereocenters. The van der Waals surface area contributed by atoms with Gasteiger partial charge in [-0.25, -0.2) is 9.69 Å². The van der Waals surface area contributed by atoms with E-state index in [1.54, 1.807) is 31.2 Å². The topological polar surface area (TPSA) is 141 Å². The highest BCUT2D eigenvalue weighted by molar-refractivity contribution is 9.11. The third kappa shape index (κ3) is 7.95. The number of ether oxygens (including phenoxy) is 5. The van der Waals surface area contributed by atoms with Gasteiger partial charge in [0.15, 0.2) is 23.8 Å². The van der Waals surface area contributed by atoms with Gasteiger partial charge >= 0.3 is 6.09 Å². The van der Waals surface area contributed by atoms with Crippen LogP contribution in [0.15, 0.2) is 71.2 Å². The van der Waals surface area contributed by atoms with Crippen molar-refractivity contribution in [3.63, 3.8) is 0 Å². The van der Waals surface area contributed by atoms with Crippen molar-refractivity contribution in [1.29, 1.82) is 0 Å². The van der Waals surface area contributed by atoms with Crippen LogP contribution in [0.3, 0.4) is 0 Å². The largest absolute Gasteiger partial charge is 0.439 e. The Bertz CT molecular complexity index is 1280. The minimum Gasteiger partial charge on any atom is -0.439 e. The fraction of sp³-hybridized carbons (Fsp3) is 0.452. The summed E-state index contributed by atoms with van der Waals surface area (Å²) in [6.07, 6.45) is -3.69. The lowest BCUT2D eigenvalue weighted by Crippen LogP contribution is -2.56. The summed E-state index contributed by atoms with van der Waals surface area (Å²) in [6.45, 7) is 2.10. The minimum absolute atomic E-state index is 0.00535. The molecule has 2 N–H and O–H groups in total. The van der Waals surface area contributed by atoms with E-state index in [9.17, 15) is 24.6 Å². The van der Waals surface area contributed by atoms with Gasteiger partial charge in [-0.3, -0.25) is 9.59 Å². The fourth-order valence-electron chi connectivity index (χ4n) is 4.94. The highest BCUT2D eigenvalue weighted by Gasteiger charge is 2.51. The third-order valence-electron chi connectivity index (χ3n) is 7.29. The van der Waals surface area contributed by atoms with Crippen molar-refractivity contribution in [3.05, 3.63) is 82.3 Å². The molecule has 2 aromatic carbocycles. The van der Waals surface area contributed by atoms with Gasteiger partial charge in [-0.2, -0.15) is 0 Å². The van der Waals surface area contributed by atoms with Crippen molar-refractivity contribution in [3.8, 4) is 0 Å². The van der Waals surface area contributed by atoms with Crippen molar-refractivity contribution in [2.24, 2.45) is 0 Å². The first-order valence-corrected chi connectivity index (χ1v) is 14.7. The Kier molecular flexibility index (Phi) is 11.6. The third-order valence-corrected chi connectivity index (χ3v) is 8.14.